The molecule has 0 aromatic heterocycles. The van der Waals surface area contributed by atoms with Crippen LogP contribution in [0.4, 0.5) is 4.39 Å². The SMILES string of the molecule is CCC(F)(CN)c1ccccc1C1CCC1. The lowest BCUT2D eigenvalue weighted by Crippen LogP contribution is -2.31. The summed E-state index contributed by atoms with van der Waals surface area (Å²) in [5.41, 5.74) is 6.27. The predicted molar refractivity (Wildman–Crippen MR) is 65.2 cm³/mol. The molecule has 1 aliphatic rings. The van der Waals surface area contributed by atoms with Gasteiger partial charge in [-0.05, 0) is 36.3 Å². The highest BCUT2D eigenvalue weighted by Gasteiger charge is 2.33. The Morgan fingerprint density at radius 1 is 1.38 bits per heavy atom. The largest absolute Gasteiger partial charge is 0.327 e. The molecule has 1 nitrogen and oxygen atoms in total. The van der Waals surface area contributed by atoms with Crippen molar-refractivity contribution in [2.45, 2.75) is 44.2 Å². The van der Waals surface area contributed by atoms with E-state index in [1.165, 1.54) is 24.8 Å². The molecule has 0 heterocycles. The van der Waals surface area contributed by atoms with E-state index in [0.29, 0.717) is 12.3 Å². The number of hydrogen-bond acceptors (Lipinski definition) is 1. The minimum atomic E-state index is -1.34. The van der Waals surface area contributed by atoms with Gasteiger partial charge in [0.15, 0.2) is 0 Å². The van der Waals surface area contributed by atoms with E-state index in [-0.39, 0.29) is 6.54 Å². The van der Waals surface area contributed by atoms with Crippen LogP contribution in [0.15, 0.2) is 24.3 Å². The van der Waals surface area contributed by atoms with Crippen LogP contribution in [-0.2, 0) is 5.67 Å². The molecule has 0 bridgehead atoms. The van der Waals surface area contributed by atoms with Crippen molar-refractivity contribution in [3.05, 3.63) is 35.4 Å². The fraction of sp³-hybridized carbons (Fsp3) is 0.571. The van der Waals surface area contributed by atoms with Gasteiger partial charge in [-0.25, -0.2) is 4.39 Å². The van der Waals surface area contributed by atoms with Crippen molar-refractivity contribution in [2.24, 2.45) is 5.73 Å². The fourth-order valence-electron chi connectivity index (χ4n) is 2.43. The molecule has 2 N–H and O–H groups in total. The third-order valence-electron chi connectivity index (χ3n) is 3.87. The molecule has 2 rings (SSSR count). The minimum absolute atomic E-state index is 0.0766. The van der Waals surface area contributed by atoms with E-state index < -0.39 is 5.67 Å². The molecule has 1 fully saturated rings. The van der Waals surface area contributed by atoms with Gasteiger partial charge in [-0.15, -0.1) is 0 Å². The monoisotopic (exact) mass is 221 g/mol. The van der Waals surface area contributed by atoms with E-state index in [4.69, 9.17) is 5.73 Å². The Bertz CT molecular complexity index is 354. The van der Waals surface area contributed by atoms with Crippen LogP contribution < -0.4 is 5.73 Å². The Morgan fingerprint density at radius 2 is 2.06 bits per heavy atom. The topological polar surface area (TPSA) is 26.0 Å². The first kappa shape index (κ1) is 11.6. The summed E-state index contributed by atoms with van der Waals surface area (Å²) in [6, 6.07) is 7.89. The van der Waals surface area contributed by atoms with Crippen LogP contribution in [0.3, 0.4) is 0 Å². The molecule has 0 amide bonds. The molecular weight excluding hydrogens is 201 g/mol. The zero-order valence-corrected chi connectivity index (χ0v) is 9.88. The highest BCUT2D eigenvalue weighted by molar-refractivity contribution is 5.36. The highest BCUT2D eigenvalue weighted by atomic mass is 19.1. The number of alkyl halides is 1. The van der Waals surface area contributed by atoms with Crippen LogP contribution >= 0.6 is 0 Å². The summed E-state index contributed by atoms with van der Waals surface area (Å²) in [5, 5.41) is 0. The van der Waals surface area contributed by atoms with Gasteiger partial charge in [0.25, 0.3) is 0 Å². The Morgan fingerprint density at radius 3 is 2.56 bits per heavy atom. The first-order valence-corrected chi connectivity index (χ1v) is 6.19. The van der Waals surface area contributed by atoms with E-state index in [2.05, 4.69) is 6.07 Å². The lowest BCUT2D eigenvalue weighted by Gasteiger charge is -2.32. The van der Waals surface area contributed by atoms with Gasteiger partial charge in [0, 0.05) is 6.54 Å². The first-order valence-electron chi connectivity index (χ1n) is 6.19. The number of nitrogens with two attached hydrogens (primary N) is 1. The summed E-state index contributed by atoms with van der Waals surface area (Å²) in [7, 11) is 0. The third kappa shape index (κ3) is 1.86. The van der Waals surface area contributed by atoms with Crippen LogP contribution in [0, 0.1) is 0 Å². The van der Waals surface area contributed by atoms with Gasteiger partial charge in [0.1, 0.15) is 5.67 Å². The lowest BCUT2D eigenvalue weighted by molar-refractivity contribution is 0.165. The van der Waals surface area contributed by atoms with E-state index in [1.54, 1.807) is 0 Å². The van der Waals surface area contributed by atoms with Crippen LogP contribution in [-0.4, -0.2) is 6.54 Å². The second-order valence-corrected chi connectivity index (χ2v) is 4.74. The Labute approximate surface area is 96.9 Å². The van der Waals surface area contributed by atoms with Gasteiger partial charge >= 0.3 is 0 Å². The summed E-state index contributed by atoms with van der Waals surface area (Å²) in [6.07, 6.45) is 4.11. The molecule has 1 aromatic carbocycles. The average molecular weight is 221 g/mol. The summed E-state index contributed by atoms with van der Waals surface area (Å²) in [5.74, 6) is 0.560. The Kier molecular flexibility index (Phi) is 3.29. The lowest BCUT2D eigenvalue weighted by atomic mass is 9.75. The van der Waals surface area contributed by atoms with E-state index in [0.717, 1.165) is 5.56 Å². The molecule has 1 aromatic rings. The maximum absolute atomic E-state index is 14.6. The van der Waals surface area contributed by atoms with Crippen molar-refractivity contribution in [1.82, 2.24) is 0 Å². The maximum atomic E-state index is 14.6. The fourth-order valence-corrected chi connectivity index (χ4v) is 2.43. The summed E-state index contributed by atoms with van der Waals surface area (Å²) >= 11 is 0. The standard InChI is InChI=1S/C14H20FN/c1-2-14(15,10-16)13-9-4-3-8-12(13)11-6-5-7-11/h3-4,8-9,11H,2,5-7,10,16H2,1H3. The predicted octanol–water partition coefficient (Wildman–Crippen LogP) is 3.49. The molecule has 0 spiro atoms. The second-order valence-electron chi connectivity index (χ2n) is 4.74. The summed E-state index contributed by atoms with van der Waals surface area (Å²) in [4.78, 5) is 0. The smallest absolute Gasteiger partial charge is 0.148 e. The molecule has 0 aliphatic heterocycles. The molecule has 0 radical (unpaired) electrons. The highest BCUT2D eigenvalue weighted by Crippen LogP contribution is 2.42. The zero-order valence-electron chi connectivity index (χ0n) is 9.88. The van der Waals surface area contributed by atoms with Crippen LogP contribution in [0.5, 0.6) is 0 Å². The Hall–Kier alpha value is -0.890. The number of hydrogen-bond donors (Lipinski definition) is 1. The van der Waals surface area contributed by atoms with E-state index >= 15 is 0 Å². The van der Waals surface area contributed by atoms with Crippen molar-refractivity contribution in [2.75, 3.05) is 6.54 Å². The van der Waals surface area contributed by atoms with Crippen LogP contribution in [0.2, 0.25) is 0 Å². The Balaban J connectivity index is 2.38. The van der Waals surface area contributed by atoms with Crippen molar-refractivity contribution in [3.63, 3.8) is 0 Å². The van der Waals surface area contributed by atoms with Crippen molar-refractivity contribution < 1.29 is 4.39 Å². The van der Waals surface area contributed by atoms with Gasteiger partial charge < -0.3 is 5.73 Å². The molecule has 0 saturated heterocycles. The van der Waals surface area contributed by atoms with Gasteiger partial charge in [0.2, 0.25) is 0 Å². The maximum Gasteiger partial charge on any atom is 0.148 e. The second kappa shape index (κ2) is 4.54. The average Bonchev–Trinajstić information content (AvgIpc) is 2.27. The number of rotatable bonds is 4. The molecule has 16 heavy (non-hydrogen) atoms. The van der Waals surface area contributed by atoms with E-state index in [1.807, 2.05) is 25.1 Å². The van der Waals surface area contributed by atoms with Gasteiger partial charge in [-0.3, -0.25) is 0 Å². The van der Waals surface area contributed by atoms with Gasteiger partial charge in [-0.2, -0.15) is 0 Å². The van der Waals surface area contributed by atoms with Gasteiger partial charge in [-0.1, -0.05) is 37.6 Å². The quantitative estimate of drug-likeness (QED) is 0.827. The molecular formula is C14H20FN. The minimum Gasteiger partial charge on any atom is -0.327 e. The molecule has 1 saturated carbocycles. The van der Waals surface area contributed by atoms with E-state index in [9.17, 15) is 4.39 Å². The molecule has 1 unspecified atom stereocenters. The van der Waals surface area contributed by atoms with Crippen LogP contribution in [0.1, 0.15) is 49.7 Å². The molecule has 1 atom stereocenters. The summed E-state index contributed by atoms with van der Waals surface area (Å²) < 4.78 is 14.6. The van der Waals surface area contributed by atoms with Crippen molar-refractivity contribution in [1.29, 1.82) is 0 Å². The summed E-state index contributed by atoms with van der Waals surface area (Å²) in [6.45, 7) is 1.94. The number of benzene rings is 1. The molecule has 1 aliphatic carbocycles. The zero-order chi connectivity index (χ0) is 11.6. The van der Waals surface area contributed by atoms with Crippen LogP contribution in [0.25, 0.3) is 0 Å². The van der Waals surface area contributed by atoms with Crippen molar-refractivity contribution in [3.8, 4) is 0 Å². The van der Waals surface area contributed by atoms with Crippen molar-refractivity contribution >= 4 is 0 Å². The molecule has 2 heteroatoms. The third-order valence-corrected chi connectivity index (χ3v) is 3.87. The van der Waals surface area contributed by atoms with Gasteiger partial charge in [0.05, 0.1) is 0 Å². The molecule has 88 valence electrons. The normalized spacial score (nSPS) is 20.2. The number of halogens is 1. The first-order chi connectivity index (χ1) is 7.71.